The molecule has 0 saturated carbocycles. The average molecular weight is 588 g/mol. The summed E-state index contributed by atoms with van der Waals surface area (Å²) in [5.41, 5.74) is 0.442. The second kappa shape index (κ2) is 14.6. The Balaban J connectivity index is 1.64. The van der Waals surface area contributed by atoms with Gasteiger partial charge in [0.2, 0.25) is 0 Å². The molecular formula is C34H41N3O6. The largest absolute Gasteiger partial charge is 0.507 e. The van der Waals surface area contributed by atoms with E-state index in [1.54, 1.807) is 40.7 Å². The van der Waals surface area contributed by atoms with E-state index in [0.29, 0.717) is 5.56 Å². The highest BCUT2D eigenvalue weighted by molar-refractivity contribution is 5.99. The number of phenols is 1. The number of benzene rings is 2. The SMILES string of the molecule is COC(=O)[C@@H](NC(=O)c1ccc(C#CC#Cc2ccc(CN3CCCCC3)cc2)cc1O)C(C)(C)NC(=O)OC(C)(C)C. The van der Waals surface area contributed by atoms with E-state index in [4.69, 9.17) is 9.47 Å². The Morgan fingerprint density at radius 3 is 2.12 bits per heavy atom. The van der Waals surface area contributed by atoms with Gasteiger partial charge in [0.1, 0.15) is 17.4 Å². The van der Waals surface area contributed by atoms with E-state index in [-0.39, 0.29) is 11.3 Å². The lowest BCUT2D eigenvalue weighted by molar-refractivity contribution is -0.144. The first kappa shape index (κ1) is 33.0. The highest BCUT2D eigenvalue weighted by atomic mass is 16.6. The summed E-state index contributed by atoms with van der Waals surface area (Å²) in [6.07, 6.45) is 3.08. The van der Waals surface area contributed by atoms with Gasteiger partial charge in [0, 0.05) is 17.7 Å². The monoisotopic (exact) mass is 587 g/mol. The molecule has 0 aliphatic carbocycles. The van der Waals surface area contributed by atoms with E-state index in [1.807, 2.05) is 12.1 Å². The Morgan fingerprint density at radius 2 is 1.53 bits per heavy atom. The predicted molar refractivity (Wildman–Crippen MR) is 164 cm³/mol. The molecule has 0 spiro atoms. The zero-order chi connectivity index (χ0) is 31.6. The van der Waals surface area contributed by atoms with E-state index in [1.165, 1.54) is 44.1 Å². The molecule has 0 aromatic heterocycles. The minimum absolute atomic E-state index is 0.0803. The standard InChI is InChI=1S/C34H41N3O6/c1-33(2,3)43-32(41)36-34(4,5)29(31(40)42-6)35-30(39)27-19-18-25(22-28(27)38)13-9-8-12-24-14-16-26(17-15-24)23-37-20-10-7-11-21-37/h14-19,22,29,38H,7,10-11,20-21,23H2,1-6H3,(H,35,39)(H,36,41)/t29-/m1/s1. The number of likely N-dealkylation sites (tertiary alicyclic amines) is 1. The third kappa shape index (κ3) is 10.4. The van der Waals surface area contributed by atoms with Crippen LogP contribution in [0.5, 0.6) is 5.75 Å². The van der Waals surface area contributed by atoms with Gasteiger partial charge in [-0.1, -0.05) is 30.4 Å². The number of ether oxygens (including phenoxy) is 2. The van der Waals surface area contributed by atoms with E-state index in [2.05, 4.69) is 51.3 Å². The van der Waals surface area contributed by atoms with Crippen molar-refractivity contribution in [3.63, 3.8) is 0 Å². The van der Waals surface area contributed by atoms with Crippen LogP contribution in [0.1, 0.15) is 80.9 Å². The van der Waals surface area contributed by atoms with Gasteiger partial charge < -0.3 is 25.2 Å². The topological polar surface area (TPSA) is 117 Å². The molecule has 0 bridgehead atoms. The smallest absolute Gasteiger partial charge is 0.408 e. The lowest BCUT2D eigenvalue weighted by Crippen LogP contribution is -2.62. The fraction of sp³-hybridized carbons (Fsp3) is 0.441. The predicted octanol–water partition coefficient (Wildman–Crippen LogP) is 4.36. The van der Waals surface area contributed by atoms with Crippen LogP contribution < -0.4 is 10.6 Å². The van der Waals surface area contributed by atoms with Crippen molar-refractivity contribution >= 4 is 18.0 Å². The van der Waals surface area contributed by atoms with Crippen molar-refractivity contribution in [1.29, 1.82) is 0 Å². The number of carbonyl (C=O) groups excluding carboxylic acids is 3. The summed E-state index contributed by atoms with van der Waals surface area (Å²) in [7, 11) is 1.17. The van der Waals surface area contributed by atoms with Gasteiger partial charge in [-0.2, -0.15) is 0 Å². The maximum absolute atomic E-state index is 13.0. The molecule has 1 fully saturated rings. The molecule has 2 aromatic carbocycles. The minimum Gasteiger partial charge on any atom is -0.507 e. The number of alkyl carbamates (subject to hydrolysis) is 1. The fourth-order valence-electron chi connectivity index (χ4n) is 4.58. The molecule has 1 aliphatic heterocycles. The summed E-state index contributed by atoms with van der Waals surface area (Å²) >= 11 is 0. The number of esters is 1. The molecule has 0 unspecified atom stereocenters. The Morgan fingerprint density at radius 1 is 0.930 bits per heavy atom. The van der Waals surface area contributed by atoms with E-state index >= 15 is 0 Å². The highest BCUT2D eigenvalue weighted by Crippen LogP contribution is 2.21. The Labute approximate surface area is 254 Å². The molecule has 1 atom stereocenters. The number of aromatic hydroxyl groups is 1. The molecule has 2 aromatic rings. The van der Waals surface area contributed by atoms with Crippen LogP contribution in [0.4, 0.5) is 4.79 Å². The molecule has 1 heterocycles. The average Bonchev–Trinajstić information content (AvgIpc) is 2.93. The van der Waals surface area contributed by atoms with Crippen molar-refractivity contribution in [2.75, 3.05) is 20.2 Å². The second-order valence-corrected chi connectivity index (χ2v) is 12.0. The van der Waals surface area contributed by atoms with Crippen molar-refractivity contribution in [2.45, 2.75) is 77.6 Å². The summed E-state index contributed by atoms with van der Waals surface area (Å²) in [5.74, 6) is 9.62. The molecule has 9 nitrogen and oxygen atoms in total. The summed E-state index contributed by atoms with van der Waals surface area (Å²) in [5, 5.41) is 15.7. The van der Waals surface area contributed by atoms with Gasteiger partial charge in [-0.15, -0.1) is 0 Å². The normalized spacial score (nSPS) is 14.2. The Hall–Kier alpha value is -4.47. The summed E-state index contributed by atoms with van der Waals surface area (Å²) in [6, 6.07) is 11.2. The number of methoxy groups -OCH3 is 1. The Kier molecular flexibility index (Phi) is 11.2. The van der Waals surface area contributed by atoms with E-state index in [0.717, 1.165) is 25.2 Å². The first-order valence-electron chi connectivity index (χ1n) is 14.3. The van der Waals surface area contributed by atoms with E-state index in [9.17, 15) is 19.5 Å². The highest BCUT2D eigenvalue weighted by Gasteiger charge is 2.40. The molecule has 228 valence electrons. The van der Waals surface area contributed by atoms with Crippen LogP contribution in [0, 0.1) is 23.7 Å². The number of nitrogens with one attached hydrogen (secondary N) is 2. The summed E-state index contributed by atoms with van der Waals surface area (Å²) < 4.78 is 10.1. The summed E-state index contributed by atoms with van der Waals surface area (Å²) in [6.45, 7) is 11.5. The number of phenolic OH excluding ortho intramolecular Hbond substituents is 1. The zero-order valence-corrected chi connectivity index (χ0v) is 25.8. The first-order valence-corrected chi connectivity index (χ1v) is 14.3. The lowest BCUT2D eigenvalue weighted by atomic mass is 9.94. The van der Waals surface area contributed by atoms with Gasteiger partial charge in [-0.05, 0) is 108 Å². The number of hydrogen-bond acceptors (Lipinski definition) is 7. The molecule has 2 amide bonds. The van der Waals surface area contributed by atoms with Crippen molar-refractivity contribution < 1.29 is 29.0 Å². The fourth-order valence-corrected chi connectivity index (χ4v) is 4.58. The van der Waals surface area contributed by atoms with Gasteiger partial charge in [0.05, 0.1) is 18.2 Å². The number of carbonyl (C=O) groups is 3. The van der Waals surface area contributed by atoms with Crippen molar-refractivity contribution in [1.82, 2.24) is 15.5 Å². The third-order valence-corrected chi connectivity index (χ3v) is 6.78. The van der Waals surface area contributed by atoms with Gasteiger partial charge in [-0.3, -0.25) is 9.69 Å². The van der Waals surface area contributed by atoms with Crippen LogP contribution in [0.15, 0.2) is 42.5 Å². The quantitative estimate of drug-likeness (QED) is 0.326. The van der Waals surface area contributed by atoms with Crippen molar-refractivity contribution in [2.24, 2.45) is 0 Å². The maximum Gasteiger partial charge on any atom is 0.408 e. The molecule has 0 radical (unpaired) electrons. The molecule has 3 rings (SSSR count). The molecular weight excluding hydrogens is 546 g/mol. The van der Waals surface area contributed by atoms with Gasteiger partial charge >= 0.3 is 12.1 Å². The zero-order valence-electron chi connectivity index (χ0n) is 25.8. The molecule has 1 saturated heterocycles. The van der Waals surface area contributed by atoms with Crippen LogP contribution in [0.3, 0.4) is 0 Å². The number of amides is 2. The van der Waals surface area contributed by atoms with E-state index < -0.39 is 35.2 Å². The van der Waals surface area contributed by atoms with Crippen LogP contribution in [-0.2, 0) is 20.8 Å². The number of hydrogen-bond donors (Lipinski definition) is 3. The molecule has 3 N–H and O–H groups in total. The maximum atomic E-state index is 13.0. The van der Waals surface area contributed by atoms with Gasteiger partial charge in [-0.25, -0.2) is 9.59 Å². The molecule has 1 aliphatic rings. The van der Waals surface area contributed by atoms with Crippen LogP contribution in [0.25, 0.3) is 0 Å². The van der Waals surface area contributed by atoms with Crippen LogP contribution >= 0.6 is 0 Å². The van der Waals surface area contributed by atoms with Crippen molar-refractivity contribution in [3.05, 3.63) is 64.7 Å². The van der Waals surface area contributed by atoms with Crippen LogP contribution in [0.2, 0.25) is 0 Å². The lowest BCUT2D eigenvalue weighted by Gasteiger charge is -2.34. The van der Waals surface area contributed by atoms with Gasteiger partial charge in [0.15, 0.2) is 0 Å². The Bertz CT molecular complexity index is 1430. The number of piperidine rings is 1. The molecule has 9 heteroatoms. The van der Waals surface area contributed by atoms with Gasteiger partial charge in [0.25, 0.3) is 5.91 Å². The minimum atomic E-state index is -1.29. The number of nitrogens with zero attached hydrogens (tertiary/aromatic N) is 1. The second-order valence-electron chi connectivity index (χ2n) is 12.0. The van der Waals surface area contributed by atoms with Crippen molar-refractivity contribution in [3.8, 4) is 29.4 Å². The first-order chi connectivity index (χ1) is 20.3. The third-order valence-electron chi connectivity index (χ3n) is 6.78. The summed E-state index contributed by atoms with van der Waals surface area (Å²) in [4.78, 5) is 40.4. The number of rotatable bonds is 7. The molecule has 43 heavy (non-hydrogen) atoms. The van der Waals surface area contributed by atoms with Crippen LogP contribution in [-0.4, -0.2) is 65.4 Å².